The monoisotopic (exact) mass is 372 g/mol. The van der Waals surface area contributed by atoms with Crippen molar-refractivity contribution in [3.05, 3.63) is 29.8 Å². The van der Waals surface area contributed by atoms with Crippen molar-refractivity contribution in [3.63, 3.8) is 0 Å². The van der Waals surface area contributed by atoms with Gasteiger partial charge in [-0.1, -0.05) is 12.1 Å². The second-order valence-electron chi connectivity index (χ2n) is 8.80. The standard InChI is InChI=1S/C23H36N2O2/c1-27-20-11-9-18(10-12-20)16-25-17-19-6-4-13-24-14-5-7-21(23(19)24)22(25)8-2-3-15-26/h9-12,19,21-23,26H,2-8,13-17H2,1H3/t19-,21+,22+,23-/m0/s1. The Morgan fingerprint density at radius 3 is 2.59 bits per heavy atom. The van der Waals surface area contributed by atoms with Crippen molar-refractivity contribution in [3.8, 4) is 5.75 Å². The van der Waals surface area contributed by atoms with E-state index in [1.54, 1.807) is 7.11 Å². The topological polar surface area (TPSA) is 35.9 Å². The van der Waals surface area contributed by atoms with Crippen LogP contribution < -0.4 is 4.74 Å². The molecule has 4 nitrogen and oxygen atoms in total. The lowest BCUT2D eigenvalue weighted by molar-refractivity contribution is -0.0812. The molecular weight excluding hydrogens is 336 g/mol. The number of likely N-dealkylation sites (tertiary alicyclic amines) is 1. The third-order valence-electron chi connectivity index (χ3n) is 7.23. The smallest absolute Gasteiger partial charge is 0.118 e. The maximum absolute atomic E-state index is 9.28. The second kappa shape index (κ2) is 8.93. The summed E-state index contributed by atoms with van der Waals surface area (Å²) in [4.78, 5) is 5.62. The quantitative estimate of drug-likeness (QED) is 0.743. The zero-order chi connectivity index (χ0) is 18.6. The molecule has 3 fully saturated rings. The van der Waals surface area contributed by atoms with Gasteiger partial charge in [0.25, 0.3) is 0 Å². The first-order valence-electron chi connectivity index (χ1n) is 11.0. The van der Waals surface area contributed by atoms with Crippen LogP contribution in [-0.4, -0.2) is 60.3 Å². The summed E-state index contributed by atoms with van der Waals surface area (Å²) < 4.78 is 5.33. The van der Waals surface area contributed by atoms with Crippen molar-refractivity contribution in [1.29, 1.82) is 0 Å². The van der Waals surface area contributed by atoms with Crippen molar-refractivity contribution in [2.45, 2.75) is 63.6 Å². The fourth-order valence-electron chi connectivity index (χ4n) is 6.09. The predicted octanol–water partition coefficient (Wildman–Crippen LogP) is 3.53. The number of piperidine rings is 3. The molecule has 1 aromatic carbocycles. The summed E-state index contributed by atoms with van der Waals surface area (Å²) in [6.07, 6.45) is 8.85. The van der Waals surface area contributed by atoms with E-state index in [0.717, 1.165) is 43.0 Å². The Morgan fingerprint density at radius 2 is 1.85 bits per heavy atom. The molecule has 150 valence electrons. The van der Waals surface area contributed by atoms with Crippen LogP contribution in [0.2, 0.25) is 0 Å². The summed E-state index contributed by atoms with van der Waals surface area (Å²) >= 11 is 0. The van der Waals surface area contributed by atoms with Gasteiger partial charge in [0.05, 0.1) is 7.11 Å². The lowest BCUT2D eigenvalue weighted by Gasteiger charge is -2.57. The highest BCUT2D eigenvalue weighted by Gasteiger charge is 2.48. The summed E-state index contributed by atoms with van der Waals surface area (Å²) in [5.74, 6) is 2.60. The molecule has 3 aliphatic heterocycles. The van der Waals surface area contributed by atoms with Crippen molar-refractivity contribution in [1.82, 2.24) is 9.80 Å². The van der Waals surface area contributed by atoms with Gasteiger partial charge in [0, 0.05) is 31.8 Å². The predicted molar refractivity (Wildman–Crippen MR) is 109 cm³/mol. The zero-order valence-electron chi connectivity index (χ0n) is 16.9. The Labute approximate surface area is 164 Å². The lowest BCUT2D eigenvalue weighted by Crippen LogP contribution is -2.64. The second-order valence-corrected chi connectivity index (χ2v) is 8.80. The molecule has 4 rings (SSSR count). The normalized spacial score (nSPS) is 31.5. The van der Waals surface area contributed by atoms with Crippen molar-refractivity contribution < 1.29 is 9.84 Å². The van der Waals surface area contributed by atoms with Crippen LogP contribution in [0.1, 0.15) is 50.5 Å². The number of rotatable bonds is 7. The first-order chi connectivity index (χ1) is 13.3. The summed E-state index contributed by atoms with van der Waals surface area (Å²) in [5, 5.41) is 9.28. The number of hydrogen-bond acceptors (Lipinski definition) is 4. The van der Waals surface area contributed by atoms with Gasteiger partial charge in [-0.05, 0) is 87.6 Å². The summed E-state index contributed by atoms with van der Waals surface area (Å²) in [6, 6.07) is 10.1. The molecule has 0 aliphatic carbocycles. The Kier molecular flexibility index (Phi) is 6.36. The molecule has 0 spiro atoms. The molecule has 0 amide bonds. The molecule has 0 saturated carbocycles. The van der Waals surface area contributed by atoms with Crippen LogP contribution in [0.5, 0.6) is 5.75 Å². The molecule has 0 aromatic heterocycles. The minimum absolute atomic E-state index is 0.327. The van der Waals surface area contributed by atoms with E-state index < -0.39 is 0 Å². The molecule has 0 bridgehead atoms. The van der Waals surface area contributed by atoms with Crippen LogP contribution in [0.3, 0.4) is 0 Å². The highest BCUT2D eigenvalue weighted by atomic mass is 16.5. The summed E-state index contributed by atoms with van der Waals surface area (Å²) in [5.41, 5.74) is 1.39. The zero-order valence-corrected chi connectivity index (χ0v) is 16.9. The SMILES string of the molecule is COc1ccc(CN2C[C@@H]3CCCN4CCC[C@@H]([C@H]34)[C@H]2CCCCO)cc1. The third-order valence-corrected chi connectivity index (χ3v) is 7.23. The Hall–Kier alpha value is -1.10. The number of unbranched alkanes of at least 4 members (excludes halogenated alkanes) is 1. The molecule has 3 saturated heterocycles. The molecule has 1 aromatic rings. The number of ether oxygens (including phenoxy) is 1. The van der Waals surface area contributed by atoms with E-state index in [1.807, 2.05) is 0 Å². The van der Waals surface area contributed by atoms with E-state index in [4.69, 9.17) is 4.74 Å². The number of hydrogen-bond donors (Lipinski definition) is 1. The number of methoxy groups -OCH3 is 1. The highest BCUT2D eigenvalue weighted by molar-refractivity contribution is 5.27. The number of nitrogens with zero attached hydrogens (tertiary/aromatic N) is 2. The van der Waals surface area contributed by atoms with Crippen LogP contribution in [0.15, 0.2) is 24.3 Å². The molecule has 3 aliphatic rings. The fourth-order valence-corrected chi connectivity index (χ4v) is 6.09. The van der Waals surface area contributed by atoms with Crippen LogP contribution in [0.4, 0.5) is 0 Å². The van der Waals surface area contributed by atoms with Gasteiger partial charge in [0.2, 0.25) is 0 Å². The van der Waals surface area contributed by atoms with E-state index in [-0.39, 0.29) is 0 Å². The minimum Gasteiger partial charge on any atom is -0.497 e. The Morgan fingerprint density at radius 1 is 1.07 bits per heavy atom. The van der Waals surface area contributed by atoms with Crippen molar-refractivity contribution >= 4 is 0 Å². The lowest BCUT2D eigenvalue weighted by atomic mass is 9.69. The number of aliphatic hydroxyl groups excluding tert-OH is 1. The maximum atomic E-state index is 9.28. The number of aliphatic hydroxyl groups is 1. The van der Waals surface area contributed by atoms with Crippen LogP contribution in [-0.2, 0) is 6.54 Å². The van der Waals surface area contributed by atoms with Gasteiger partial charge < -0.3 is 9.84 Å². The molecule has 4 atom stereocenters. The summed E-state index contributed by atoms with van der Waals surface area (Å²) in [7, 11) is 1.73. The van der Waals surface area contributed by atoms with Crippen LogP contribution in [0.25, 0.3) is 0 Å². The highest BCUT2D eigenvalue weighted by Crippen LogP contribution is 2.43. The first-order valence-corrected chi connectivity index (χ1v) is 11.0. The van der Waals surface area contributed by atoms with Gasteiger partial charge in [-0.3, -0.25) is 9.80 Å². The molecule has 1 N–H and O–H groups in total. The van der Waals surface area contributed by atoms with E-state index in [9.17, 15) is 5.11 Å². The van der Waals surface area contributed by atoms with Crippen molar-refractivity contribution in [2.24, 2.45) is 11.8 Å². The van der Waals surface area contributed by atoms with Gasteiger partial charge in [0.1, 0.15) is 5.75 Å². The average Bonchev–Trinajstić information content (AvgIpc) is 2.71. The fraction of sp³-hybridized carbons (Fsp3) is 0.739. The molecule has 4 heteroatoms. The largest absolute Gasteiger partial charge is 0.497 e. The first kappa shape index (κ1) is 19.2. The molecule has 3 heterocycles. The van der Waals surface area contributed by atoms with Crippen molar-refractivity contribution in [2.75, 3.05) is 33.4 Å². The van der Waals surface area contributed by atoms with E-state index in [2.05, 4.69) is 34.1 Å². The van der Waals surface area contributed by atoms with Crippen LogP contribution in [0, 0.1) is 11.8 Å². The van der Waals surface area contributed by atoms with Gasteiger partial charge in [-0.2, -0.15) is 0 Å². The van der Waals surface area contributed by atoms with Gasteiger partial charge in [-0.15, -0.1) is 0 Å². The van der Waals surface area contributed by atoms with Gasteiger partial charge in [-0.25, -0.2) is 0 Å². The van der Waals surface area contributed by atoms with E-state index in [1.165, 1.54) is 57.3 Å². The molecular formula is C23H36N2O2. The third kappa shape index (κ3) is 4.18. The minimum atomic E-state index is 0.327. The van der Waals surface area contributed by atoms with Gasteiger partial charge in [0.15, 0.2) is 0 Å². The number of benzene rings is 1. The summed E-state index contributed by atoms with van der Waals surface area (Å²) in [6.45, 7) is 5.26. The average molecular weight is 373 g/mol. The van der Waals surface area contributed by atoms with Gasteiger partial charge >= 0.3 is 0 Å². The molecule has 0 radical (unpaired) electrons. The Balaban J connectivity index is 1.53. The Bertz CT molecular complexity index is 589. The van der Waals surface area contributed by atoms with E-state index in [0.29, 0.717) is 12.6 Å². The van der Waals surface area contributed by atoms with E-state index >= 15 is 0 Å². The molecule has 0 unspecified atom stereocenters. The molecule has 27 heavy (non-hydrogen) atoms. The van der Waals surface area contributed by atoms with Crippen LogP contribution >= 0.6 is 0 Å². The maximum Gasteiger partial charge on any atom is 0.118 e.